The van der Waals surface area contributed by atoms with Crippen LogP contribution in [0.2, 0.25) is 0 Å². The second kappa shape index (κ2) is 9.65. The molecule has 0 N–H and O–H groups in total. The molecule has 0 spiro atoms. The molecule has 0 unspecified atom stereocenters. The Hall–Kier alpha value is -1.69. The summed E-state index contributed by atoms with van der Waals surface area (Å²) in [5.74, 6) is -1.50. The van der Waals surface area contributed by atoms with Crippen LogP contribution < -0.4 is 9.80 Å². The maximum absolute atomic E-state index is 13.3. The van der Waals surface area contributed by atoms with Gasteiger partial charge in [0.25, 0.3) is 0 Å². The minimum absolute atomic E-state index is 0.137. The van der Waals surface area contributed by atoms with Crippen LogP contribution in [0.1, 0.15) is 28.8 Å². The zero-order chi connectivity index (χ0) is 29.4. The third-order valence-corrected chi connectivity index (χ3v) is 17.2. The van der Waals surface area contributed by atoms with Gasteiger partial charge in [0.05, 0.1) is 35.0 Å². The predicted molar refractivity (Wildman–Crippen MR) is 169 cm³/mol. The van der Waals surface area contributed by atoms with Gasteiger partial charge in [0.1, 0.15) is 0 Å². The summed E-state index contributed by atoms with van der Waals surface area (Å²) in [5, 5.41) is 0. The fraction of sp³-hybridized carbons (Fsp3) is 0.452. The SMILES string of the molecule is O=C(c1ccc(N2C(=O)[C@@H]3[C@H]4C[C@@H]([C@H](Br)[C@H]4Br)[C@H]3C2=O)cc1)c1ccc(N2C(=O)[C@@H]3[C@H]4C[C@@H]([C@H](Br)[C@@H]4Br)[C@@H]3C2=O)cc1. The van der Waals surface area contributed by atoms with Crippen molar-refractivity contribution in [3.8, 4) is 0 Å². The van der Waals surface area contributed by atoms with Gasteiger partial charge in [-0.2, -0.15) is 0 Å². The first-order valence-corrected chi connectivity index (χ1v) is 17.8. The highest BCUT2D eigenvalue weighted by Crippen LogP contribution is 2.61. The molecule has 4 amide bonds. The number of alkyl halides is 4. The summed E-state index contributed by atoms with van der Waals surface area (Å²) in [6, 6.07) is 13.1. The van der Waals surface area contributed by atoms with Crippen LogP contribution in [0.4, 0.5) is 11.4 Å². The number of hydrogen-bond acceptors (Lipinski definition) is 5. The molecule has 216 valence electrons. The lowest BCUT2D eigenvalue weighted by Gasteiger charge is -2.28. The highest BCUT2D eigenvalue weighted by Gasteiger charge is 2.67. The molecule has 2 heterocycles. The zero-order valence-corrected chi connectivity index (χ0v) is 28.3. The Bertz CT molecular complexity index is 1400. The number of benzene rings is 2. The van der Waals surface area contributed by atoms with E-state index in [2.05, 4.69) is 63.7 Å². The first-order valence-electron chi connectivity index (χ1n) is 14.2. The molecule has 4 saturated carbocycles. The van der Waals surface area contributed by atoms with Gasteiger partial charge in [0.15, 0.2) is 5.78 Å². The molecule has 0 aromatic heterocycles. The Morgan fingerprint density at radius 3 is 1.02 bits per heavy atom. The summed E-state index contributed by atoms with van der Waals surface area (Å²) in [5.41, 5.74) is 1.78. The molecule has 2 saturated heterocycles. The number of carbonyl (C=O) groups is 5. The topological polar surface area (TPSA) is 91.8 Å². The smallest absolute Gasteiger partial charge is 0.238 e. The lowest BCUT2D eigenvalue weighted by Crippen LogP contribution is -2.37. The Balaban J connectivity index is 0.992. The predicted octanol–water partition coefficient (Wildman–Crippen LogP) is 5.48. The van der Waals surface area contributed by atoms with Crippen molar-refractivity contribution in [2.75, 3.05) is 9.80 Å². The number of anilines is 2. The third-order valence-electron chi connectivity index (χ3n) is 10.7. The van der Waals surface area contributed by atoms with E-state index in [1.807, 2.05) is 0 Å². The van der Waals surface area contributed by atoms with Gasteiger partial charge in [-0.3, -0.25) is 33.8 Å². The number of hydrogen-bond donors (Lipinski definition) is 0. The van der Waals surface area contributed by atoms with Crippen molar-refractivity contribution >= 4 is 105 Å². The molecule has 2 aromatic rings. The van der Waals surface area contributed by atoms with E-state index in [4.69, 9.17) is 0 Å². The van der Waals surface area contributed by atoms with Crippen LogP contribution >= 0.6 is 63.7 Å². The number of nitrogens with zero attached hydrogens (tertiary/aromatic N) is 2. The molecule has 6 aliphatic rings. The number of imide groups is 2. The van der Waals surface area contributed by atoms with E-state index in [-0.39, 0.29) is 96.1 Å². The van der Waals surface area contributed by atoms with Crippen molar-refractivity contribution < 1.29 is 24.0 Å². The molecule has 12 atom stereocenters. The number of rotatable bonds is 4. The lowest BCUT2D eigenvalue weighted by molar-refractivity contribution is -0.124. The molecule has 2 aromatic carbocycles. The monoisotopic (exact) mass is 820 g/mol. The van der Waals surface area contributed by atoms with Gasteiger partial charge in [-0.05, 0) is 85.0 Å². The maximum atomic E-state index is 13.3. The highest BCUT2D eigenvalue weighted by atomic mass is 79.9. The van der Waals surface area contributed by atoms with Crippen LogP contribution in [0.25, 0.3) is 0 Å². The second-order valence-corrected chi connectivity index (χ2v) is 16.7. The average molecular weight is 824 g/mol. The summed E-state index contributed by atoms with van der Waals surface area (Å²) < 4.78 is 0. The molecular weight excluding hydrogens is 800 g/mol. The average Bonchev–Trinajstić information content (AvgIpc) is 3.80. The van der Waals surface area contributed by atoms with E-state index in [1.165, 1.54) is 9.80 Å². The first kappa shape index (κ1) is 27.8. The molecule has 42 heavy (non-hydrogen) atoms. The van der Waals surface area contributed by atoms with Gasteiger partial charge in [-0.25, -0.2) is 0 Å². The summed E-state index contributed by atoms with van der Waals surface area (Å²) in [6.07, 6.45) is 1.74. The Labute approximate surface area is 275 Å². The van der Waals surface area contributed by atoms with Gasteiger partial charge in [0, 0.05) is 30.4 Å². The van der Waals surface area contributed by atoms with Crippen LogP contribution in [0.15, 0.2) is 48.5 Å². The van der Waals surface area contributed by atoms with E-state index >= 15 is 0 Å². The molecular formula is C31H24Br4N2O5. The van der Waals surface area contributed by atoms with Crippen molar-refractivity contribution in [3.63, 3.8) is 0 Å². The van der Waals surface area contributed by atoms with Gasteiger partial charge in [0.2, 0.25) is 23.6 Å². The van der Waals surface area contributed by atoms with E-state index in [0.29, 0.717) is 22.5 Å². The Morgan fingerprint density at radius 1 is 0.500 bits per heavy atom. The van der Waals surface area contributed by atoms with Gasteiger partial charge < -0.3 is 0 Å². The van der Waals surface area contributed by atoms with Crippen molar-refractivity contribution in [3.05, 3.63) is 59.7 Å². The molecule has 8 rings (SSSR count). The van der Waals surface area contributed by atoms with E-state index in [1.54, 1.807) is 48.5 Å². The largest absolute Gasteiger partial charge is 0.289 e. The van der Waals surface area contributed by atoms with Crippen molar-refractivity contribution in [1.29, 1.82) is 0 Å². The fourth-order valence-electron chi connectivity index (χ4n) is 8.90. The second-order valence-electron chi connectivity index (χ2n) is 12.5. The molecule has 4 bridgehead atoms. The van der Waals surface area contributed by atoms with Gasteiger partial charge in [-0.15, -0.1) is 0 Å². The van der Waals surface area contributed by atoms with Crippen LogP contribution in [0.3, 0.4) is 0 Å². The fourth-order valence-corrected chi connectivity index (χ4v) is 12.6. The number of fused-ring (bicyclic) bond motifs is 10. The van der Waals surface area contributed by atoms with E-state index < -0.39 is 0 Å². The molecule has 11 heteroatoms. The summed E-state index contributed by atoms with van der Waals surface area (Å²) in [4.78, 5) is 70.0. The minimum atomic E-state index is -0.300. The van der Waals surface area contributed by atoms with Gasteiger partial charge >= 0.3 is 0 Å². The Morgan fingerprint density at radius 2 is 0.762 bits per heavy atom. The maximum Gasteiger partial charge on any atom is 0.238 e. The zero-order valence-electron chi connectivity index (χ0n) is 21.9. The molecule has 4 aliphatic carbocycles. The summed E-state index contributed by atoms with van der Waals surface area (Å²) in [6.45, 7) is 0. The molecule has 7 nitrogen and oxygen atoms in total. The van der Waals surface area contributed by atoms with Crippen LogP contribution in [0, 0.1) is 47.3 Å². The van der Waals surface area contributed by atoms with Crippen molar-refractivity contribution in [2.45, 2.75) is 32.2 Å². The van der Waals surface area contributed by atoms with Crippen molar-refractivity contribution in [1.82, 2.24) is 0 Å². The van der Waals surface area contributed by atoms with E-state index in [0.717, 1.165) is 12.8 Å². The number of halogens is 4. The lowest BCUT2D eigenvalue weighted by atomic mass is 9.81. The van der Waals surface area contributed by atoms with E-state index in [9.17, 15) is 24.0 Å². The molecule has 2 aliphatic heterocycles. The number of ketones is 1. The first-order chi connectivity index (χ1) is 20.1. The molecule has 0 radical (unpaired) electrons. The van der Waals surface area contributed by atoms with Crippen LogP contribution in [0.5, 0.6) is 0 Å². The minimum Gasteiger partial charge on any atom is -0.289 e. The summed E-state index contributed by atoms with van der Waals surface area (Å²) in [7, 11) is 0. The quantitative estimate of drug-likeness (QED) is 0.232. The highest BCUT2D eigenvalue weighted by molar-refractivity contribution is 9.12. The molecule has 6 fully saturated rings. The van der Waals surface area contributed by atoms with Crippen molar-refractivity contribution in [2.24, 2.45) is 47.3 Å². The normalized spacial score (nSPS) is 41.3. The Kier molecular flexibility index (Phi) is 6.40. The van der Waals surface area contributed by atoms with Crippen LogP contribution in [-0.2, 0) is 19.2 Å². The third kappa shape index (κ3) is 3.56. The standard InChI is InChI=1S/C31H24Br4N2O5/c32-23-15-9-16(24(23)33)20-19(15)28(39)36(29(20)40)13-5-1-11(2-6-13)27(38)12-3-7-14(8-4-12)37-30(41)21-17-10-18(22(21)31(37)42)26(35)25(17)34/h1-8,15-26H,9-10H2/t15-,16-,17-,18-,19-,20-,21-,22+,23+,24+,25-,26+/m1/s1. The number of amides is 4. The van der Waals surface area contributed by atoms with Gasteiger partial charge in [-0.1, -0.05) is 63.7 Å². The van der Waals surface area contributed by atoms with Crippen LogP contribution in [-0.4, -0.2) is 48.7 Å². The number of carbonyl (C=O) groups excluding carboxylic acids is 5. The summed E-state index contributed by atoms with van der Waals surface area (Å²) >= 11 is 14.9.